The van der Waals surface area contributed by atoms with Gasteiger partial charge < -0.3 is 15.4 Å². The van der Waals surface area contributed by atoms with Crippen molar-refractivity contribution in [3.05, 3.63) is 70.5 Å². The summed E-state index contributed by atoms with van der Waals surface area (Å²) in [6, 6.07) is 10.7. The van der Waals surface area contributed by atoms with Gasteiger partial charge in [0.1, 0.15) is 5.82 Å². The molecule has 0 spiro atoms. The number of hydrogen-bond donors (Lipinski definition) is 1. The van der Waals surface area contributed by atoms with Crippen molar-refractivity contribution in [2.45, 2.75) is 6.04 Å². The number of nitrogens with two attached hydrogens (primary N) is 1. The summed E-state index contributed by atoms with van der Waals surface area (Å²) in [5.41, 5.74) is 8.29. The van der Waals surface area contributed by atoms with Crippen LogP contribution in [0, 0.1) is 17.1 Å². The van der Waals surface area contributed by atoms with Crippen LogP contribution in [0.15, 0.2) is 48.0 Å². The van der Waals surface area contributed by atoms with Gasteiger partial charge in [-0.25, -0.2) is 4.39 Å². The van der Waals surface area contributed by atoms with Crippen LogP contribution >= 0.6 is 11.6 Å². The quantitative estimate of drug-likeness (QED) is 0.779. The van der Waals surface area contributed by atoms with Crippen LogP contribution in [-0.2, 0) is 9.53 Å². The second-order valence-electron chi connectivity index (χ2n) is 6.43. The minimum Gasteiger partial charge on any atom is -0.377 e. The summed E-state index contributed by atoms with van der Waals surface area (Å²) < 4.78 is 19.4. The normalized spacial score (nSPS) is 16.6. The van der Waals surface area contributed by atoms with E-state index in [1.807, 2.05) is 0 Å². The number of benzene rings is 2. The van der Waals surface area contributed by atoms with E-state index >= 15 is 0 Å². The highest BCUT2D eigenvalue weighted by Gasteiger charge is 2.28. The molecular weight excluding hydrogens is 397 g/mol. The molecule has 0 saturated carbocycles. The van der Waals surface area contributed by atoms with Gasteiger partial charge in [0.25, 0.3) is 5.91 Å². The summed E-state index contributed by atoms with van der Waals surface area (Å²) >= 11 is 5.54. The molecule has 0 bridgehead atoms. The van der Waals surface area contributed by atoms with Crippen LogP contribution in [0.3, 0.4) is 0 Å². The first-order valence-corrected chi connectivity index (χ1v) is 9.18. The molecule has 6 nitrogen and oxygen atoms in total. The first-order chi connectivity index (χ1) is 13.9. The number of morpholine rings is 1. The van der Waals surface area contributed by atoms with Gasteiger partial charge in [0.15, 0.2) is 0 Å². The fraction of sp³-hybridized carbons (Fsp3) is 0.190. The molecule has 1 saturated heterocycles. The van der Waals surface area contributed by atoms with Crippen molar-refractivity contribution in [3.63, 3.8) is 0 Å². The van der Waals surface area contributed by atoms with Crippen molar-refractivity contribution in [1.29, 1.82) is 5.26 Å². The Balaban J connectivity index is 2.08. The predicted molar refractivity (Wildman–Crippen MR) is 105 cm³/mol. The van der Waals surface area contributed by atoms with Crippen LogP contribution in [0.5, 0.6) is 0 Å². The first kappa shape index (κ1) is 20.5. The third kappa shape index (κ3) is 4.45. The van der Waals surface area contributed by atoms with Crippen LogP contribution in [0.1, 0.15) is 27.5 Å². The highest BCUT2D eigenvalue weighted by molar-refractivity contribution is 6.26. The van der Waals surface area contributed by atoms with Gasteiger partial charge in [-0.1, -0.05) is 17.7 Å². The van der Waals surface area contributed by atoms with Gasteiger partial charge in [0.2, 0.25) is 5.91 Å². The van der Waals surface area contributed by atoms with E-state index in [2.05, 4.69) is 6.07 Å². The number of halogens is 2. The molecule has 3 rings (SSSR count). The largest absolute Gasteiger partial charge is 0.377 e. The molecule has 2 aromatic carbocycles. The summed E-state index contributed by atoms with van der Waals surface area (Å²) in [7, 11) is 0. The molecule has 1 aliphatic rings. The number of nitrogens with zero attached hydrogens (tertiary/aromatic N) is 2. The molecule has 1 aliphatic heterocycles. The molecule has 1 heterocycles. The summed E-state index contributed by atoms with van der Waals surface area (Å²) in [6.07, 6.45) is 1.26. The second-order valence-corrected chi connectivity index (χ2v) is 6.68. The number of rotatable bonds is 4. The Hall–Kier alpha value is -3.21. The first-order valence-electron chi connectivity index (χ1n) is 8.74. The third-order valence-corrected chi connectivity index (χ3v) is 4.78. The van der Waals surface area contributed by atoms with E-state index in [9.17, 15) is 19.2 Å². The topological polar surface area (TPSA) is 96.4 Å². The molecule has 148 valence electrons. The minimum absolute atomic E-state index is 0.239. The molecule has 29 heavy (non-hydrogen) atoms. The Morgan fingerprint density at radius 2 is 2.07 bits per heavy atom. The fourth-order valence-corrected chi connectivity index (χ4v) is 3.37. The smallest absolute Gasteiger partial charge is 0.251 e. The van der Waals surface area contributed by atoms with Gasteiger partial charge >= 0.3 is 0 Å². The number of ether oxygens (including phenoxy) is 1. The number of nitriles is 1. The minimum atomic E-state index is -0.883. The maximum absolute atomic E-state index is 13.8. The van der Waals surface area contributed by atoms with Gasteiger partial charge in [-0.3, -0.25) is 9.59 Å². The Labute approximate surface area is 171 Å². The lowest BCUT2D eigenvalue weighted by atomic mass is 9.94. The average Bonchev–Trinajstić information content (AvgIpc) is 2.73. The van der Waals surface area contributed by atoms with Gasteiger partial charge in [0, 0.05) is 18.2 Å². The van der Waals surface area contributed by atoms with E-state index in [1.54, 1.807) is 23.1 Å². The van der Waals surface area contributed by atoms with Crippen molar-refractivity contribution in [1.82, 2.24) is 4.90 Å². The predicted octanol–water partition coefficient (Wildman–Crippen LogP) is 3.12. The maximum atomic E-state index is 13.8. The average molecular weight is 414 g/mol. The second kappa shape index (κ2) is 8.86. The zero-order chi connectivity index (χ0) is 21.0. The molecule has 2 amide bonds. The summed E-state index contributed by atoms with van der Waals surface area (Å²) in [4.78, 5) is 25.5. The highest BCUT2D eigenvalue weighted by Crippen LogP contribution is 2.31. The summed E-state index contributed by atoms with van der Waals surface area (Å²) in [5.74, 6) is -1.87. The van der Waals surface area contributed by atoms with Crippen LogP contribution in [0.2, 0.25) is 0 Å². The van der Waals surface area contributed by atoms with E-state index in [0.717, 1.165) is 11.6 Å². The van der Waals surface area contributed by atoms with Crippen LogP contribution in [-0.4, -0.2) is 36.5 Å². The van der Waals surface area contributed by atoms with Crippen LogP contribution in [0.25, 0.3) is 11.1 Å². The molecule has 0 unspecified atom stereocenters. The van der Waals surface area contributed by atoms with Gasteiger partial charge in [-0.15, -0.1) is 0 Å². The number of amides is 2. The number of carbonyl (C=O) groups excluding carboxylic acids is 2. The van der Waals surface area contributed by atoms with Crippen molar-refractivity contribution < 1.29 is 18.7 Å². The van der Waals surface area contributed by atoms with E-state index in [1.165, 1.54) is 18.2 Å². The lowest BCUT2D eigenvalue weighted by Crippen LogP contribution is -2.42. The molecule has 0 radical (unpaired) electrons. The Kier molecular flexibility index (Phi) is 6.27. The van der Waals surface area contributed by atoms with Gasteiger partial charge in [-0.2, -0.15) is 5.26 Å². The zero-order valence-electron chi connectivity index (χ0n) is 15.3. The maximum Gasteiger partial charge on any atom is 0.251 e. The van der Waals surface area contributed by atoms with Crippen molar-refractivity contribution in [2.75, 3.05) is 19.8 Å². The monoisotopic (exact) mass is 413 g/mol. The molecule has 2 N–H and O–H groups in total. The fourth-order valence-electron chi connectivity index (χ4n) is 3.26. The Morgan fingerprint density at radius 1 is 1.28 bits per heavy atom. The third-order valence-electron chi connectivity index (χ3n) is 4.65. The number of carbonyl (C=O) groups is 2. The lowest BCUT2D eigenvalue weighted by molar-refractivity contribution is -0.134. The van der Waals surface area contributed by atoms with Crippen LogP contribution < -0.4 is 5.73 Å². The summed E-state index contributed by atoms with van der Waals surface area (Å²) in [6.45, 7) is 1.02. The van der Waals surface area contributed by atoms with E-state index in [0.29, 0.717) is 35.4 Å². The highest BCUT2D eigenvalue weighted by atomic mass is 35.5. The zero-order valence-corrected chi connectivity index (χ0v) is 16.0. The molecular formula is C21H17ClFN3O3. The van der Waals surface area contributed by atoms with Crippen LogP contribution in [0.4, 0.5) is 4.39 Å². The SMILES string of the molecule is N#Cc1cc(-c2ccc(F)c(C(N)=O)c2)cc([C@@H]2COCCN2C(=O)/C=C\Cl)c1. The van der Waals surface area contributed by atoms with Gasteiger partial charge in [0.05, 0.1) is 36.5 Å². The standard InChI is InChI=1S/C21H17ClFN3O3/c22-4-3-20(27)26-5-6-29-12-19(26)16-8-13(11-24)7-15(9-16)14-1-2-18(23)17(10-14)21(25)28/h1-4,7-10,19H,5-6,12H2,(H2,25,28)/b4-3-/t19-/m0/s1. The van der Waals surface area contributed by atoms with E-state index in [-0.39, 0.29) is 18.1 Å². The number of primary amides is 1. The Bertz CT molecular complexity index is 1030. The number of hydrogen-bond acceptors (Lipinski definition) is 4. The van der Waals surface area contributed by atoms with Crippen molar-refractivity contribution in [3.8, 4) is 17.2 Å². The van der Waals surface area contributed by atoms with E-state index in [4.69, 9.17) is 22.1 Å². The van der Waals surface area contributed by atoms with E-state index < -0.39 is 17.8 Å². The Morgan fingerprint density at radius 3 is 2.76 bits per heavy atom. The molecule has 8 heteroatoms. The van der Waals surface area contributed by atoms with Crippen molar-refractivity contribution >= 4 is 23.4 Å². The molecule has 0 aromatic heterocycles. The van der Waals surface area contributed by atoms with Crippen molar-refractivity contribution in [2.24, 2.45) is 5.73 Å². The molecule has 1 atom stereocenters. The van der Waals surface area contributed by atoms with Gasteiger partial charge in [-0.05, 0) is 47.0 Å². The molecule has 2 aromatic rings. The lowest BCUT2D eigenvalue weighted by Gasteiger charge is -2.35. The molecule has 1 fully saturated rings. The molecule has 0 aliphatic carbocycles. The summed E-state index contributed by atoms with van der Waals surface area (Å²) in [5, 5.41) is 9.45.